The summed E-state index contributed by atoms with van der Waals surface area (Å²) in [5.74, 6) is -0.405. The Morgan fingerprint density at radius 1 is 0.815 bits per heavy atom. The van der Waals surface area contributed by atoms with Gasteiger partial charge in [0.05, 0.1) is 0 Å². The number of carbonyl (C=O) groups is 1. The topological polar surface area (TPSA) is 26.3 Å². The van der Waals surface area contributed by atoms with Crippen LogP contribution >= 0.6 is 0 Å². The molecule has 0 aliphatic carbocycles. The largest absolute Gasteiger partial charge is 0.455 e. The predicted molar refractivity (Wildman–Crippen MR) is 112 cm³/mol. The molecule has 2 nitrogen and oxygen atoms in total. The van der Waals surface area contributed by atoms with Gasteiger partial charge in [-0.3, -0.25) is 0 Å². The quantitative estimate of drug-likeness (QED) is 0.160. The van der Waals surface area contributed by atoms with Crippen LogP contribution in [-0.2, 0) is 9.53 Å². The van der Waals surface area contributed by atoms with Crippen molar-refractivity contribution in [2.24, 2.45) is 0 Å². The zero-order valence-corrected chi connectivity index (χ0v) is 15.0. The molecule has 0 aromatic heterocycles. The van der Waals surface area contributed by atoms with Crippen molar-refractivity contribution in [1.29, 1.82) is 0 Å². The van der Waals surface area contributed by atoms with E-state index in [1.54, 1.807) is 0 Å². The number of fused-ring (bicyclic) bond motifs is 2. The number of hydrogen-bond acceptors (Lipinski definition) is 2. The summed E-state index contributed by atoms with van der Waals surface area (Å²) in [6, 6.07) is 23.6. The summed E-state index contributed by atoms with van der Waals surface area (Å²) in [5, 5.41) is 9.89. The third-order valence-electron chi connectivity index (χ3n) is 5.46. The highest BCUT2D eigenvalue weighted by molar-refractivity contribution is 6.33. The first-order valence-corrected chi connectivity index (χ1v) is 9.10. The Morgan fingerprint density at radius 2 is 1.37 bits per heavy atom. The van der Waals surface area contributed by atoms with Gasteiger partial charge in [-0.25, -0.2) is 4.79 Å². The maximum absolute atomic E-state index is 11.7. The third kappa shape index (κ3) is 2.23. The molecule has 0 heterocycles. The summed E-state index contributed by atoms with van der Waals surface area (Å²) < 4.78 is 5.50. The second kappa shape index (κ2) is 5.82. The number of ether oxygens (including phenoxy) is 1. The maximum Gasteiger partial charge on any atom is 0.330 e. The second-order valence-corrected chi connectivity index (χ2v) is 6.92. The van der Waals surface area contributed by atoms with Crippen LogP contribution in [0.25, 0.3) is 43.1 Å². The van der Waals surface area contributed by atoms with Gasteiger partial charge >= 0.3 is 5.97 Å². The van der Waals surface area contributed by atoms with Crippen LogP contribution < -0.4 is 0 Å². The van der Waals surface area contributed by atoms with Crippen molar-refractivity contribution < 1.29 is 9.53 Å². The molecule has 2 heteroatoms. The van der Waals surface area contributed by atoms with E-state index in [-0.39, 0.29) is 6.10 Å². The standard InChI is InChI=1S/C25H18O2/c1-3-23(26)27-15(2)17-13-14-22-20-10-5-8-16-7-4-9-19(24(16)20)21-12-6-11-18(17)25(21)22/h3-15H,1H2,2H3. The Bertz CT molecular complexity index is 1300. The molecule has 130 valence electrons. The van der Waals surface area contributed by atoms with Gasteiger partial charge in [0.25, 0.3) is 0 Å². The second-order valence-electron chi connectivity index (χ2n) is 6.92. The molecule has 0 radical (unpaired) electrons. The first-order chi connectivity index (χ1) is 13.2. The van der Waals surface area contributed by atoms with Gasteiger partial charge in [0.15, 0.2) is 0 Å². The van der Waals surface area contributed by atoms with Crippen LogP contribution in [0.3, 0.4) is 0 Å². The summed E-state index contributed by atoms with van der Waals surface area (Å²) in [7, 11) is 0. The van der Waals surface area contributed by atoms with E-state index in [0.29, 0.717) is 0 Å². The van der Waals surface area contributed by atoms with E-state index in [2.05, 4.69) is 73.3 Å². The Balaban J connectivity index is 1.92. The van der Waals surface area contributed by atoms with Gasteiger partial charge in [0.1, 0.15) is 6.10 Å². The molecular weight excluding hydrogens is 332 g/mol. The summed E-state index contributed by atoms with van der Waals surface area (Å²) in [4.78, 5) is 11.7. The fourth-order valence-corrected chi connectivity index (χ4v) is 4.31. The van der Waals surface area contributed by atoms with E-state index >= 15 is 0 Å². The molecule has 0 saturated carbocycles. The normalized spacial score (nSPS) is 12.8. The predicted octanol–water partition coefficient (Wildman–Crippen LogP) is 6.53. The van der Waals surface area contributed by atoms with Gasteiger partial charge in [-0.2, -0.15) is 0 Å². The molecule has 5 aromatic rings. The highest BCUT2D eigenvalue weighted by Crippen LogP contribution is 2.42. The van der Waals surface area contributed by atoms with Gasteiger partial charge in [0.2, 0.25) is 0 Å². The number of rotatable bonds is 3. The highest BCUT2D eigenvalue weighted by atomic mass is 16.5. The Kier molecular flexibility index (Phi) is 3.41. The Hall–Kier alpha value is -3.39. The van der Waals surface area contributed by atoms with Crippen molar-refractivity contribution in [2.75, 3.05) is 0 Å². The molecule has 5 rings (SSSR count). The molecule has 1 atom stereocenters. The summed E-state index contributed by atoms with van der Waals surface area (Å²) in [6.45, 7) is 5.40. The fraction of sp³-hybridized carbons (Fsp3) is 0.0800. The van der Waals surface area contributed by atoms with E-state index in [0.717, 1.165) is 10.9 Å². The van der Waals surface area contributed by atoms with Crippen LogP contribution in [-0.4, -0.2) is 5.97 Å². The number of carbonyl (C=O) groups excluding carboxylic acids is 1. The minimum absolute atomic E-state index is 0.340. The molecule has 1 unspecified atom stereocenters. The van der Waals surface area contributed by atoms with Gasteiger partial charge in [-0.1, -0.05) is 73.3 Å². The molecule has 0 amide bonds. The summed E-state index contributed by atoms with van der Waals surface area (Å²) in [5.41, 5.74) is 1.01. The first-order valence-electron chi connectivity index (χ1n) is 9.10. The lowest BCUT2D eigenvalue weighted by atomic mass is 9.87. The number of benzene rings is 5. The third-order valence-corrected chi connectivity index (χ3v) is 5.46. The van der Waals surface area contributed by atoms with Crippen molar-refractivity contribution in [3.8, 4) is 0 Å². The van der Waals surface area contributed by atoms with Crippen LogP contribution in [0.15, 0.2) is 79.4 Å². The van der Waals surface area contributed by atoms with Crippen molar-refractivity contribution in [1.82, 2.24) is 0 Å². The molecule has 0 bridgehead atoms. The number of esters is 1. The highest BCUT2D eigenvalue weighted by Gasteiger charge is 2.18. The van der Waals surface area contributed by atoms with Crippen LogP contribution in [0.1, 0.15) is 18.6 Å². The molecule has 0 saturated heterocycles. The smallest absolute Gasteiger partial charge is 0.330 e. The average molecular weight is 350 g/mol. The van der Waals surface area contributed by atoms with Gasteiger partial charge < -0.3 is 4.74 Å². The lowest BCUT2D eigenvalue weighted by Gasteiger charge is -2.19. The molecule has 0 spiro atoms. The van der Waals surface area contributed by atoms with Gasteiger partial charge in [-0.15, -0.1) is 0 Å². The van der Waals surface area contributed by atoms with Crippen molar-refractivity contribution in [3.05, 3.63) is 84.9 Å². The zero-order chi connectivity index (χ0) is 18.5. The van der Waals surface area contributed by atoms with Crippen molar-refractivity contribution in [3.63, 3.8) is 0 Å². The van der Waals surface area contributed by atoms with Crippen LogP contribution in [0.5, 0.6) is 0 Å². The lowest BCUT2D eigenvalue weighted by Crippen LogP contribution is -2.06. The van der Waals surface area contributed by atoms with E-state index in [1.807, 2.05) is 6.92 Å². The monoisotopic (exact) mass is 350 g/mol. The average Bonchev–Trinajstić information content (AvgIpc) is 2.71. The number of hydrogen-bond donors (Lipinski definition) is 0. The molecule has 27 heavy (non-hydrogen) atoms. The van der Waals surface area contributed by atoms with E-state index < -0.39 is 5.97 Å². The van der Waals surface area contributed by atoms with Crippen molar-refractivity contribution in [2.45, 2.75) is 13.0 Å². The molecule has 0 aliphatic rings. The minimum Gasteiger partial charge on any atom is -0.455 e. The van der Waals surface area contributed by atoms with E-state index in [4.69, 9.17) is 4.74 Å². The lowest BCUT2D eigenvalue weighted by molar-refractivity contribution is -0.142. The Labute approximate surface area is 157 Å². The zero-order valence-electron chi connectivity index (χ0n) is 15.0. The van der Waals surface area contributed by atoms with Gasteiger partial charge in [-0.05, 0) is 50.0 Å². The minimum atomic E-state index is -0.405. The molecular formula is C25H18O2. The van der Waals surface area contributed by atoms with E-state index in [9.17, 15) is 4.79 Å². The summed E-state index contributed by atoms with van der Waals surface area (Å²) in [6.07, 6.45) is 0.867. The van der Waals surface area contributed by atoms with Gasteiger partial charge in [0, 0.05) is 11.6 Å². The molecule has 0 fully saturated rings. The first kappa shape index (κ1) is 15.8. The Morgan fingerprint density at radius 3 is 2.04 bits per heavy atom. The molecule has 0 aliphatic heterocycles. The molecule has 5 aromatic carbocycles. The fourth-order valence-electron chi connectivity index (χ4n) is 4.31. The van der Waals surface area contributed by atoms with Crippen LogP contribution in [0.2, 0.25) is 0 Å². The van der Waals surface area contributed by atoms with Crippen LogP contribution in [0.4, 0.5) is 0 Å². The van der Waals surface area contributed by atoms with Crippen molar-refractivity contribution >= 4 is 49.1 Å². The molecule has 0 N–H and O–H groups in total. The summed E-state index contributed by atoms with van der Waals surface area (Å²) >= 11 is 0. The van der Waals surface area contributed by atoms with E-state index in [1.165, 1.54) is 43.8 Å². The maximum atomic E-state index is 11.7. The SMILES string of the molecule is C=CC(=O)OC(C)c1ccc2c3cccc4cccc(c5cccc1c52)c43. The van der Waals surface area contributed by atoms with Crippen LogP contribution in [0, 0.1) is 0 Å².